The van der Waals surface area contributed by atoms with Crippen molar-refractivity contribution in [2.45, 2.75) is 37.9 Å². The van der Waals surface area contributed by atoms with E-state index in [1.54, 1.807) is 6.92 Å². The molecule has 5 atom stereocenters. The molecule has 0 aliphatic carbocycles. The lowest BCUT2D eigenvalue weighted by Crippen LogP contribution is -2.33. The van der Waals surface area contributed by atoms with Crippen LogP contribution in [-0.2, 0) is 18.3 Å². The van der Waals surface area contributed by atoms with E-state index in [1.165, 1.54) is 17.2 Å². The van der Waals surface area contributed by atoms with Crippen molar-refractivity contribution in [3.05, 3.63) is 12.7 Å². The summed E-state index contributed by atoms with van der Waals surface area (Å²) in [5.74, 6) is 0.199. The maximum absolute atomic E-state index is 11.7. The van der Waals surface area contributed by atoms with Crippen molar-refractivity contribution < 1.29 is 28.3 Å². The van der Waals surface area contributed by atoms with Gasteiger partial charge in [-0.15, -0.1) is 0 Å². The predicted molar refractivity (Wildman–Crippen MR) is 81.7 cm³/mol. The number of rotatable bonds is 5. The molecule has 0 radical (unpaired) electrons. The third-order valence-corrected chi connectivity index (χ3v) is 4.83. The topological polar surface area (TPSA) is 155 Å². The van der Waals surface area contributed by atoms with Crippen molar-refractivity contribution in [1.82, 2.24) is 19.5 Å². The van der Waals surface area contributed by atoms with Crippen LogP contribution in [0.15, 0.2) is 12.7 Å². The minimum Gasteiger partial charge on any atom is -0.386 e. The van der Waals surface area contributed by atoms with Gasteiger partial charge in [0.15, 0.2) is 17.7 Å². The number of nitrogens with zero attached hydrogens (tertiary/aromatic N) is 4. The van der Waals surface area contributed by atoms with Gasteiger partial charge >= 0.3 is 7.82 Å². The first-order valence-electron chi connectivity index (χ1n) is 7.21. The Morgan fingerprint density at radius 3 is 2.88 bits per heavy atom. The zero-order chi connectivity index (χ0) is 17.5. The molecule has 0 bridgehead atoms. The zero-order valence-electron chi connectivity index (χ0n) is 13.0. The number of hydrogen-bond donors (Lipinski definition) is 3. The highest BCUT2D eigenvalue weighted by atomic mass is 31.2. The van der Waals surface area contributed by atoms with Crippen molar-refractivity contribution in [2.24, 2.45) is 0 Å². The van der Waals surface area contributed by atoms with Gasteiger partial charge in [0, 0.05) is 7.11 Å². The zero-order valence-corrected chi connectivity index (χ0v) is 13.9. The highest BCUT2D eigenvalue weighted by molar-refractivity contribution is 7.47. The fourth-order valence-electron chi connectivity index (χ4n) is 2.66. The van der Waals surface area contributed by atoms with Gasteiger partial charge in [-0.05, 0) is 6.42 Å². The Morgan fingerprint density at radius 1 is 1.46 bits per heavy atom. The number of hydrogen-bond acceptors (Lipinski definition) is 9. The molecule has 132 valence electrons. The molecule has 4 N–H and O–H groups in total. The lowest BCUT2D eigenvalue weighted by atomic mass is 10.1. The van der Waals surface area contributed by atoms with Crippen LogP contribution in [0.1, 0.15) is 19.6 Å². The molecule has 1 aliphatic heterocycles. The van der Waals surface area contributed by atoms with Gasteiger partial charge in [0.05, 0.1) is 12.4 Å². The summed E-state index contributed by atoms with van der Waals surface area (Å²) in [4.78, 5) is 21.6. The Kier molecular flexibility index (Phi) is 4.56. The van der Waals surface area contributed by atoms with E-state index in [0.717, 1.165) is 7.11 Å². The van der Waals surface area contributed by atoms with Crippen molar-refractivity contribution in [2.75, 3.05) is 12.8 Å². The second-order valence-electron chi connectivity index (χ2n) is 5.27. The number of aliphatic hydroxyl groups excluding tert-OH is 1. The minimum atomic E-state index is -4.28. The van der Waals surface area contributed by atoms with E-state index in [-0.39, 0.29) is 5.82 Å². The molecule has 2 aromatic heterocycles. The average Bonchev–Trinajstić information content (AvgIpc) is 3.10. The SMILES string of the molecule is CC[C@H]1O[C@@H](n2cnc3c(N)ncnc32)C(O)[C@H]1OP(=O)(O)OC. The number of fused-ring (bicyclic) bond motifs is 1. The molecule has 2 aromatic rings. The average molecular weight is 359 g/mol. The largest absolute Gasteiger partial charge is 0.472 e. The van der Waals surface area contributed by atoms with Gasteiger partial charge in [0.1, 0.15) is 24.1 Å². The lowest BCUT2D eigenvalue weighted by molar-refractivity contribution is -0.0355. The van der Waals surface area contributed by atoms with Crippen LogP contribution in [0.2, 0.25) is 0 Å². The fraction of sp³-hybridized carbons (Fsp3) is 0.583. The molecular weight excluding hydrogens is 341 g/mol. The van der Waals surface area contributed by atoms with E-state index in [2.05, 4.69) is 19.5 Å². The summed E-state index contributed by atoms with van der Waals surface area (Å²) in [6.45, 7) is 1.80. The van der Waals surface area contributed by atoms with Crippen LogP contribution in [-0.4, -0.2) is 54.9 Å². The Balaban J connectivity index is 1.94. The molecule has 1 fully saturated rings. The van der Waals surface area contributed by atoms with Gasteiger partial charge in [-0.3, -0.25) is 13.6 Å². The predicted octanol–water partition coefficient (Wildman–Crippen LogP) is 0.209. The summed E-state index contributed by atoms with van der Waals surface area (Å²) >= 11 is 0. The van der Waals surface area contributed by atoms with Crippen LogP contribution in [0, 0.1) is 0 Å². The number of nitrogen functional groups attached to an aromatic ring is 1. The van der Waals surface area contributed by atoms with E-state index in [0.29, 0.717) is 17.6 Å². The summed E-state index contributed by atoms with van der Waals surface area (Å²) < 4.78 is 28.4. The Labute approximate surface area is 137 Å². The first-order chi connectivity index (χ1) is 11.4. The Hall–Kier alpha value is -1.62. The molecule has 1 saturated heterocycles. The molecule has 0 spiro atoms. The molecule has 3 rings (SSSR count). The second kappa shape index (κ2) is 6.36. The van der Waals surface area contributed by atoms with Crippen molar-refractivity contribution >= 4 is 24.8 Å². The highest BCUT2D eigenvalue weighted by Crippen LogP contribution is 2.48. The number of nitrogens with two attached hydrogens (primary N) is 1. The van der Waals surface area contributed by atoms with Gasteiger partial charge in [0.2, 0.25) is 0 Å². The minimum absolute atomic E-state index is 0.199. The van der Waals surface area contributed by atoms with Crippen molar-refractivity contribution in [1.29, 1.82) is 0 Å². The van der Waals surface area contributed by atoms with E-state index in [1.807, 2.05) is 0 Å². The van der Waals surface area contributed by atoms with Crippen LogP contribution in [0.3, 0.4) is 0 Å². The summed E-state index contributed by atoms with van der Waals surface area (Å²) in [7, 11) is -3.23. The molecular formula is C12H18N5O6P. The molecule has 0 aromatic carbocycles. The molecule has 3 heterocycles. The summed E-state index contributed by atoms with van der Waals surface area (Å²) in [6.07, 6.45) is -0.672. The third kappa shape index (κ3) is 2.90. The monoisotopic (exact) mass is 359 g/mol. The number of phosphoric acid groups is 1. The van der Waals surface area contributed by atoms with Crippen molar-refractivity contribution in [3.8, 4) is 0 Å². The van der Waals surface area contributed by atoms with Gasteiger partial charge in [-0.25, -0.2) is 19.5 Å². The Morgan fingerprint density at radius 2 is 2.21 bits per heavy atom. The maximum atomic E-state index is 11.7. The van der Waals surface area contributed by atoms with E-state index in [4.69, 9.17) is 15.0 Å². The standard InChI is InChI=1S/C12H18N5O6P/c1-3-6-9(23-24(19,20)21-2)8(18)12(22-6)17-5-16-7-10(13)14-4-15-11(7)17/h4-6,8-9,12,18H,3H2,1-2H3,(H,19,20)(H2,13,14,15)/t6-,8?,9+,12-/m1/s1. The quantitative estimate of drug-likeness (QED) is 0.631. The van der Waals surface area contributed by atoms with Crippen LogP contribution in [0.25, 0.3) is 11.2 Å². The first kappa shape index (κ1) is 17.2. The molecule has 0 amide bonds. The van der Waals surface area contributed by atoms with Gasteiger partial charge < -0.3 is 20.5 Å². The highest BCUT2D eigenvalue weighted by Gasteiger charge is 2.48. The van der Waals surface area contributed by atoms with Gasteiger partial charge in [0.25, 0.3) is 0 Å². The van der Waals surface area contributed by atoms with E-state index in [9.17, 15) is 14.6 Å². The van der Waals surface area contributed by atoms with E-state index < -0.39 is 32.4 Å². The lowest BCUT2D eigenvalue weighted by Gasteiger charge is -2.21. The number of ether oxygens (including phenoxy) is 1. The normalized spacial score (nSPS) is 29.8. The van der Waals surface area contributed by atoms with Crippen LogP contribution < -0.4 is 5.73 Å². The molecule has 12 heteroatoms. The smallest absolute Gasteiger partial charge is 0.386 e. The molecule has 1 aliphatic rings. The summed E-state index contributed by atoms with van der Waals surface area (Å²) in [5.41, 5.74) is 6.49. The first-order valence-corrected chi connectivity index (χ1v) is 8.71. The van der Waals surface area contributed by atoms with E-state index >= 15 is 0 Å². The molecule has 2 unspecified atom stereocenters. The number of imidazole rings is 1. The van der Waals surface area contributed by atoms with Crippen LogP contribution >= 0.6 is 7.82 Å². The Bertz CT molecular complexity index is 784. The van der Waals surface area contributed by atoms with Gasteiger partial charge in [-0.1, -0.05) is 6.92 Å². The molecule has 11 nitrogen and oxygen atoms in total. The number of aliphatic hydroxyl groups is 1. The van der Waals surface area contributed by atoms with Crippen LogP contribution in [0.4, 0.5) is 5.82 Å². The molecule has 0 saturated carbocycles. The summed E-state index contributed by atoms with van der Waals surface area (Å²) in [6, 6.07) is 0. The van der Waals surface area contributed by atoms with Gasteiger partial charge in [-0.2, -0.15) is 0 Å². The second-order valence-corrected chi connectivity index (χ2v) is 6.78. The van der Waals surface area contributed by atoms with Crippen LogP contribution in [0.5, 0.6) is 0 Å². The fourth-order valence-corrected chi connectivity index (χ4v) is 3.32. The third-order valence-electron chi connectivity index (χ3n) is 3.86. The molecule has 24 heavy (non-hydrogen) atoms. The van der Waals surface area contributed by atoms with Crippen molar-refractivity contribution in [3.63, 3.8) is 0 Å². The number of phosphoric ester groups is 1. The summed E-state index contributed by atoms with van der Waals surface area (Å²) in [5, 5.41) is 10.5. The number of aromatic nitrogens is 4. The number of anilines is 1. The maximum Gasteiger partial charge on any atom is 0.472 e.